The minimum Gasteiger partial charge on any atom is -0.492 e. The highest BCUT2D eigenvalue weighted by Crippen LogP contribution is 2.21. The van der Waals surface area contributed by atoms with Gasteiger partial charge in [-0.05, 0) is 42.5 Å². The number of sulfonamides is 1. The Morgan fingerprint density at radius 1 is 1.24 bits per heavy atom. The fourth-order valence-corrected chi connectivity index (χ4v) is 4.19. The molecule has 0 aliphatic heterocycles. The van der Waals surface area contributed by atoms with Crippen LogP contribution < -0.4 is 4.74 Å². The summed E-state index contributed by atoms with van der Waals surface area (Å²) in [5, 5.41) is 1.76. The molecular weight excluding hydrogens is 306 g/mol. The van der Waals surface area contributed by atoms with E-state index in [1.807, 2.05) is 32.0 Å². The van der Waals surface area contributed by atoms with Gasteiger partial charge in [0.15, 0.2) is 0 Å². The lowest BCUT2D eigenvalue weighted by molar-refractivity contribution is 0.285. The van der Waals surface area contributed by atoms with Crippen molar-refractivity contribution in [1.82, 2.24) is 4.31 Å². The lowest BCUT2D eigenvalue weighted by atomic mass is 10.1. The Morgan fingerprint density at radius 3 is 2.67 bits per heavy atom. The number of hydrogen-bond acceptors (Lipinski definition) is 4. The van der Waals surface area contributed by atoms with Crippen molar-refractivity contribution in [3.05, 3.63) is 46.8 Å². The second kappa shape index (κ2) is 6.60. The van der Waals surface area contributed by atoms with Crippen LogP contribution in [-0.4, -0.2) is 32.9 Å². The highest BCUT2D eigenvalue weighted by atomic mass is 32.2. The van der Waals surface area contributed by atoms with Gasteiger partial charge in [0.25, 0.3) is 10.0 Å². The van der Waals surface area contributed by atoms with Gasteiger partial charge in [-0.1, -0.05) is 18.2 Å². The molecule has 21 heavy (non-hydrogen) atoms. The molecule has 114 valence electrons. The van der Waals surface area contributed by atoms with E-state index in [4.69, 9.17) is 4.74 Å². The quantitative estimate of drug-likeness (QED) is 0.820. The van der Waals surface area contributed by atoms with Gasteiger partial charge in [-0.25, -0.2) is 8.42 Å². The van der Waals surface area contributed by atoms with E-state index in [0.29, 0.717) is 17.4 Å². The van der Waals surface area contributed by atoms with Crippen molar-refractivity contribution in [2.24, 2.45) is 0 Å². The fraction of sp³-hybridized carbons (Fsp3) is 0.333. The van der Waals surface area contributed by atoms with Crippen molar-refractivity contribution in [3.63, 3.8) is 0 Å². The lowest BCUT2D eigenvalue weighted by Gasteiger charge is -2.17. The average Bonchev–Trinajstić information content (AvgIpc) is 2.97. The standard InChI is InChI=1S/C15H19NO3S2/c1-12-6-7-13(2)14(11-12)19-9-8-16(3)21(17,18)15-5-4-10-20-15/h4-7,10-11H,8-9H2,1-3H3. The first-order chi connectivity index (χ1) is 9.91. The molecule has 1 heterocycles. The number of likely N-dealkylation sites (N-methyl/N-ethyl adjacent to an activating group) is 1. The molecule has 0 amide bonds. The highest BCUT2D eigenvalue weighted by molar-refractivity contribution is 7.91. The minimum absolute atomic E-state index is 0.313. The number of nitrogens with zero attached hydrogens (tertiary/aromatic N) is 1. The molecule has 1 aromatic heterocycles. The summed E-state index contributed by atoms with van der Waals surface area (Å²) in [4.78, 5) is 0. The van der Waals surface area contributed by atoms with Crippen molar-refractivity contribution in [1.29, 1.82) is 0 Å². The van der Waals surface area contributed by atoms with Crippen LogP contribution in [0.2, 0.25) is 0 Å². The molecule has 0 saturated heterocycles. The van der Waals surface area contributed by atoms with Gasteiger partial charge in [-0.15, -0.1) is 11.3 Å². The molecule has 0 aliphatic rings. The first-order valence-corrected chi connectivity index (χ1v) is 8.93. The summed E-state index contributed by atoms with van der Waals surface area (Å²) in [6.07, 6.45) is 0. The Labute approximate surface area is 130 Å². The molecular formula is C15H19NO3S2. The molecule has 6 heteroatoms. The summed E-state index contributed by atoms with van der Waals surface area (Å²) in [5.41, 5.74) is 2.17. The number of benzene rings is 1. The number of hydrogen-bond donors (Lipinski definition) is 0. The van der Waals surface area contributed by atoms with E-state index in [-0.39, 0.29) is 0 Å². The maximum atomic E-state index is 12.2. The zero-order valence-corrected chi connectivity index (χ0v) is 14.0. The Bertz CT molecular complexity index is 694. The van der Waals surface area contributed by atoms with Gasteiger partial charge in [0.1, 0.15) is 16.6 Å². The molecule has 0 saturated carbocycles. The Hall–Kier alpha value is -1.37. The second-order valence-electron chi connectivity index (χ2n) is 4.88. The van der Waals surface area contributed by atoms with E-state index < -0.39 is 10.0 Å². The minimum atomic E-state index is -3.40. The van der Waals surface area contributed by atoms with Crippen LogP contribution in [0.4, 0.5) is 0 Å². The molecule has 0 radical (unpaired) electrons. The topological polar surface area (TPSA) is 46.6 Å². The van der Waals surface area contributed by atoms with Gasteiger partial charge >= 0.3 is 0 Å². The molecule has 0 bridgehead atoms. The van der Waals surface area contributed by atoms with Gasteiger partial charge in [0.2, 0.25) is 0 Å². The van der Waals surface area contributed by atoms with Crippen LogP contribution in [0.15, 0.2) is 39.9 Å². The van der Waals surface area contributed by atoms with E-state index >= 15 is 0 Å². The van der Waals surface area contributed by atoms with Crippen molar-refractivity contribution >= 4 is 21.4 Å². The fourth-order valence-electron chi connectivity index (χ4n) is 1.83. The first kappa shape index (κ1) is 16.0. The van der Waals surface area contributed by atoms with E-state index in [1.54, 1.807) is 24.6 Å². The van der Waals surface area contributed by atoms with E-state index in [9.17, 15) is 8.42 Å². The van der Waals surface area contributed by atoms with Gasteiger partial charge in [0.05, 0.1) is 0 Å². The van der Waals surface area contributed by atoms with E-state index in [2.05, 4.69) is 0 Å². The van der Waals surface area contributed by atoms with Gasteiger partial charge in [-0.2, -0.15) is 4.31 Å². The highest BCUT2D eigenvalue weighted by Gasteiger charge is 2.21. The summed E-state index contributed by atoms with van der Waals surface area (Å²) in [6.45, 7) is 4.61. The third kappa shape index (κ3) is 3.84. The predicted octanol–water partition coefficient (Wildman–Crippen LogP) is 3.06. The van der Waals surface area contributed by atoms with Crippen molar-refractivity contribution in [3.8, 4) is 5.75 Å². The molecule has 0 spiro atoms. The molecule has 1 aromatic carbocycles. The molecule has 0 atom stereocenters. The maximum Gasteiger partial charge on any atom is 0.252 e. The summed E-state index contributed by atoms with van der Waals surface area (Å²) in [7, 11) is -1.83. The first-order valence-electron chi connectivity index (χ1n) is 6.61. The van der Waals surface area contributed by atoms with Crippen molar-refractivity contribution < 1.29 is 13.2 Å². The third-order valence-electron chi connectivity index (χ3n) is 3.17. The smallest absolute Gasteiger partial charge is 0.252 e. The number of ether oxygens (including phenoxy) is 1. The zero-order valence-electron chi connectivity index (χ0n) is 12.4. The summed E-state index contributed by atoms with van der Waals surface area (Å²) in [6, 6.07) is 9.33. The molecule has 0 fully saturated rings. The molecule has 4 nitrogen and oxygen atoms in total. The van der Waals surface area contributed by atoms with Crippen LogP contribution in [0.1, 0.15) is 11.1 Å². The van der Waals surface area contributed by atoms with Crippen LogP contribution >= 0.6 is 11.3 Å². The summed E-state index contributed by atoms with van der Waals surface area (Å²) >= 11 is 1.22. The predicted molar refractivity (Wildman–Crippen MR) is 85.5 cm³/mol. The van der Waals surface area contributed by atoms with Crippen LogP contribution in [0, 0.1) is 13.8 Å². The molecule has 0 aliphatic carbocycles. The summed E-state index contributed by atoms with van der Waals surface area (Å²) < 4.78 is 31.9. The summed E-state index contributed by atoms with van der Waals surface area (Å²) in [5.74, 6) is 0.803. The SMILES string of the molecule is Cc1ccc(C)c(OCCN(C)S(=O)(=O)c2cccs2)c1. The van der Waals surface area contributed by atoms with Gasteiger partial charge < -0.3 is 4.74 Å². The lowest BCUT2D eigenvalue weighted by Crippen LogP contribution is -2.30. The number of rotatable bonds is 6. The van der Waals surface area contributed by atoms with Crippen LogP contribution in [0.25, 0.3) is 0 Å². The van der Waals surface area contributed by atoms with Crippen molar-refractivity contribution in [2.45, 2.75) is 18.1 Å². The third-order valence-corrected chi connectivity index (χ3v) is 6.40. The Kier molecular flexibility index (Phi) is 5.03. The van der Waals surface area contributed by atoms with Crippen LogP contribution in [0.3, 0.4) is 0 Å². The van der Waals surface area contributed by atoms with Crippen LogP contribution in [-0.2, 0) is 10.0 Å². The Balaban J connectivity index is 1.96. The Morgan fingerprint density at radius 2 is 2.00 bits per heavy atom. The van der Waals surface area contributed by atoms with Gasteiger partial charge in [0, 0.05) is 13.6 Å². The number of aryl methyl sites for hydroxylation is 2. The van der Waals surface area contributed by atoms with Crippen LogP contribution in [0.5, 0.6) is 5.75 Å². The van der Waals surface area contributed by atoms with Gasteiger partial charge in [-0.3, -0.25) is 0 Å². The molecule has 2 rings (SSSR count). The van der Waals surface area contributed by atoms with Crippen molar-refractivity contribution in [2.75, 3.05) is 20.2 Å². The largest absolute Gasteiger partial charge is 0.492 e. The monoisotopic (exact) mass is 325 g/mol. The molecule has 0 unspecified atom stereocenters. The number of thiophene rings is 1. The normalized spacial score (nSPS) is 11.8. The molecule has 0 N–H and O–H groups in total. The molecule has 2 aromatic rings. The second-order valence-corrected chi connectivity index (χ2v) is 8.10. The zero-order chi connectivity index (χ0) is 15.5. The average molecular weight is 325 g/mol. The maximum absolute atomic E-state index is 12.2. The van der Waals surface area contributed by atoms with E-state index in [1.165, 1.54) is 15.6 Å². The van der Waals surface area contributed by atoms with E-state index in [0.717, 1.165) is 16.9 Å².